The minimum absolute atomic E-state index is 0.840. The summed E-state index contributed by atoms with van der Waals surface area (Å²) in [6, 6.07) is 0. The lowest BCUT2D eigenvalue weighted by atomic mass is 9.97. The highest BCUT2D eigenvalue weighted by molar-refractivity contribution is 5.72. The third-order valence-corrected chi connectivity index (χ3v) is 3.29. The summed E-state index contributed by atoms with van der Waals surface area (Å²) in [4.78, 5) is 4.52. The summed E-state index contributed by atoms with van der Waals surface area (Å²) in [5, 5.41) is 0. The van der Waals surface area contributed by atoms with E-state index in [1.165, 1.54) is 37.0 Å². The third-order valence-electron chi connectivity index (χ3n) is 3.29. The molecule has 0 radical (unpaired) electrons. The molecule has 0 aromatic carbocycles. The molecule has 16 heavy (non-hydrogen) atoms. The molecule has 1 rings (SSSR count). The van der Waals surface area contributed by atoms with Crippen molar-refractivity contribution < 1.29 is 0 Å². The van der Waals surface area contributed by atoms with Crippen LogP contribution in [-0.2, 0) is 0 Å². The Bertz CT molecular complexity index is 284. The second-order valence-corrected chi connectivity index (χ2v) is 4.92. The Balaban J connectivity index is 2.36. The van der Waals surface area contributed by atoms with Gasteiger partial charge in [0.05, 0.1) is 0 Å². The van der Waals surface area contributed by atoms with Crippen LogP contribution in [0.15, 0.2) is 28.4 Å². The molecule has 0 saturated heterocycles. The first-order valence-corrected chi connectivity index (χ1v) is 6.61. The highest BCUT2D eigenvalue weighted by Gasteiger charge is 2.06. The van der Waals surface area contributed by atoms with Gasteiger partial charge in [0.25, 0.3) is 0 Å². The third kappa shape index (κ3) is 4.78. The minimum atomic E-state index is 0.840. The fraction of sp³-hybridized carbons (Fsp3) is 0.667. The Morgan fingerprint density at radius 3 is 2.94 bits per heavy atom. The van der Waals surface area contributed by atoms with E-state index >= 15 is 0 Å². The number of aliphatic imine (C=N–C) groups is 1. The molecule has 0 aromatic rings. The van der Waals surface area contributed by atoms with Crippen LogP contribution in [0.5, 0.6) is 0 Å². The zero-order valence-electron chi connectivity index (χ0n) is 11.0. The average Bonchev–Trinajstić information content (AvgIpc) is 2.48. The second-order valence-electron chi connectivity index (χ2n) is 4.92. The maximum atomic E-state index is 4.52. The van der Waals surface area contributed by atoms with Gasteiger partial charge in [-0.25, -0.2) is 0 Å². The second kappa shape index (κ2) is 7.43. The SMILES string of the molecule is CCCCC(C)CCC1=C(C)CC=CC=N1. The van der Waals surface area contributed by atoms with Gasteiger partial charge in [-0.1, -0.05) is 39.2 Å². The van der Waals surface area contributed by atoms with E-state index in [0.717, 1.165) is 18.8 Å². The minimum Gasteiger partial charge on any atom is -0.261 e. The van der Waals surface area contributed by atoms with Crippen molar-refractivity contribution in [3.8, 4) is 0 Å². The summed E-state index contributed by atoms with van der Waals surface area (Å²) >= 11 is 0. The molecule has 0 aromatic heterocycles. The van der Waals surface area contributed by atoms with Gasteiger partial charge >= 0.3 is 0 Å². The van der Waals surface area contributed by atoms with Gasteiger partial charge in [0.1, 0.15) is 0 Å². The predicted molar refractivity (Wildman–Crippen MR) is 72.9 cm³/mol. The summed E-state index contributed by atoms with van der Waals surface area (Å²) in [5.74, 6) is 0.840. The van der Waals surface area contributed by atoms with Gasteiger partial charge in [0, 0.05) is 11.9 Å². The van der Waals surface area contributed by atoms with E-state index in [1.807, 2.05) is 6.21 Å². The summed E-state index contributed by atoms with van der Waals surface area (Å²) in [5.41, 5.74) is 2.75. The fourth-order valence-corrected chi connectivity index (χ4v) is 2.02. The maximum Gasteiger partial charge on any atom is 0.0396 e. The predicted octanol–water partition coefficient (Wildman–Crippen LogP) is 4.90. The monoisotopic (exact) mass is 219 g/mol. The number of hydrogen-bond acceptors (Lipinski definition) is 1. The maximum absolute atomic E-state index is 4.52. The topological polar surface area (TPSA) is 12.4 Å². The molecule has 1 aliphatic rings. The molecule has 0 amide bonds. The number of hydrogen-bond donors (Lipinski definition) is 0. The first-order chi connectivity index (χ1) is 7.74. The molecular formula is C15H25N. The Morgan fingerprint density at radius 1 is 1.38 bits per heavy atom. The fourth-order valence-electron chi connectivity index (χ4n) is 2.02. The normalized spacial score (nSPS) is 17.7. The number of allylic oxidation sites excluding steroid dienone is 4. The first kappa shape index (κ1) is 13.2. The van der Waals surface area contributed by atoms with Crippen LogP contribution in [0.25, 0.3) is 0 Å². The van der Waals surface area contributed by atoms with Gasteiger partial charge in [0.15, 0.2) is 0 Å². The Morgan fingerprint density at radius 2 is 2.19 bits per heavy atom. The van der Waals surface area contributed by atoms with E-state index in [4.69, 9.17) is 0 Å². The zero-order chi connectivity index (χ0) is 11.8. The highest BCUT2D eigenvalue weighted by atomic mass is 14.7. The van der Waals surface area contributed by atoms with E-state index in [2.05, 4.69) is 37.9 Å². The number of rotatable bonds is 6. The molecule has 0 bridgehead atoms. The molecule has 0 aliphatic carbocycles. The van der Waals surface area contributed by atoms with Crippen molar-refractivity contribution in [2.75, 3.05) is 0 Å². The van der Waals surface area contributed by atoms with Gasteiger partial charge in [-0.3, -0.25) is 4.99 Å². The molecule has 1 heterocycles. The van der Waals surface area contributed by atoms with Gasteiger partial charge in [0.2, 0.25) is 0 Å². The van der Waals surface area contributed by atoms with Crippen molar-refractivity contribution in [3.63, 3.8) is 0 Å². The molecule has 0 saturated carbocycles. The van der Waals surface area contributed by atoms with Crippen LogP contribution in [0.4, 0.5) is 0 Å². The van der Waals surface area contributed by atoms with E-state index in [0.29, 0.717) is 0 Å². The lowest BCUT2D eigenvalue weighted by Gasteiger charge is -2.11. The lowest BCUT2D eigenvalue weighted by molar-refractivity contribution is 0.470. The number of unbranched alkanes of at least 4 members (excludes halogenated alkanes) is 1. The molecule has 1 heteroatoms. The van der Waals surface area contributed by atoms with Gasteiger partial charge in [-0.2, -0.15) is 0 Å². The molecule has 1 aliphatic heterocycles. The van der Waals surface area contributed by atoms with Crippen LogP contribution in [0.2, 0.25) is 0 Å². The highest BCUT2D eigenvalue weighted by Crippen LogP contribution is 2.22. The molecule has 1 nitrogen and oxygen atoms in total. The van der Waals surface area contributed by atoms with E-state index in [9.17, 15) is 0 Å². The molecule has 1 atom stereocenters. The standard InChI is InChI=1S/C15H25N/c1-4-5-8-13(2)10-11-15-14(3)9-6-7-12-16-15/h6-7,12-13H,4-5,8-11H2,1-3H3. The van der Waals surface area contributed by atoms with Crippen molar-refractivity contribution >= 4 is 6.21 Å². The van der Waals surface area contributed by atoms with Crippen molar-refractivity contribution in [2.45, 2.75) is 59.3 Å². The molecule has 90 valence electrons. The average molecular weight is 219 g/mol. The van der Waals surface area contributed by atoms with Gasteiger partial charge < -0.3 is 0 Å². The Hall–Kier alpha value is -0.850. The van der Waals surface area contributed by atoms with Gasteiger partial charge in [-0.05, 0) is 43.8 Å². The van der Waals surface area contributed by atoms with Crippen LogP contribution in [0.3, 0.4) is 0 Å². The van der Waals surface area contributed by atoms with Crippen molar-refractivity contribution in [1.82, 2.24) is 0 Å². The van der Waals surface area contributed by atoms with Crippen LogP contribution < -0.4 is 0 Å². The van der Waals surface area contributed by atoms with Crippen LogP contribution in [0, 0.1) is 5.92 Å². The van der Waals surface area contributed by atoms with Crippen LogP contribution in [0.1, 0.15) is 59.3 Å². The van der Waals surface area contributed by atoms with Crippen molar-refractivity contribution in [1.29, 1.82) is 0 Å². The number of nitrogens with zero attached hydrogens (tertiary/aromatic N) is 1. The zero-order valence-corrected chi connectivity index (χ0v) is 11.0. The molecule has 0 fully saturated rings. The van der Waals surface area contributed by atoms with Crippen molar-refractivity contribution in [2.24, 2.45) is 10.9 Å². The Labute approximate surface area is 100 Å². The summed E-state index contributed by atoms with van der Waals surface area (Å²) in [6.07, 6.45) is 13.7. The molecule has 0 spiro atoms. The molecular weight excluding hydrogens is 194 g/mol. The van der Waals surface area contributed by atoms with Crippen LogP contribution >= 0.6 is 0 Å². The van der Waals surface area contributed by atoms with Crippen LogP contribution in [-0.4, -0.2) is 6.21 Å². The molecule has 1 unspecified atom stereocenters. The quantitative estimate of drug-likeness (QED) is 0.602. The van der Waals surface area contributed by atoms with Gasteiger partial charge in [-0.15, -0.1) is 0 Å². The largest absolute Gasteiger partial charge is 0.261 e. The van der Waals surface area contributed by atoms with E-state index in [1.54, 1.807) is 0 Å². The Kier molecular flexibility index (Phi) is 6.14. The molecule has 0 N–H and O–H groups in total. The summed E-state index contributed by atoms with van der Waals surface area (Å²) in [6.45, 7) is 6.84. The van der Waals surface area contributed by atoms with Crippen molar-refractivity contribution in [3.05, 3.63) is 23.4 Å². The first-order valence-electron chi connectivity index (χ1n) is 6.61. The summed E-state index contributed by atoms with van der Waals surface area (Å²) in [7, 11) is 0. The van der Waals surface area contributed by atoms with E-state index < -0.39 is 0 Å². The summed E-state index contributed by atoms with van der Waals surface area (Å²) < 4.78 is 0. The smallest absolute Gasteiger partial charge is 0.0396 e. The lowest BCUT2D eigenvalue weighted by Crippen LogP contribution is -1.96. The van der Waals surface area contributed by atoms with E-state index in [-0.39, 0.29) is 0 Å².